The average Bonchev–Trinajstić information content (AvgIpc) is 2.79. The van der Waals surface area contributed by atoms with Gasteiger partial charge in [-0.3, -0.25) is 9.13 Å². The van der Waals surface area contributed by atoms with Crippen molar-refractivity contribution in [1.82, 2.24) is 14.5 Å². The summed E-state index contributed by atoms with van der Waals surface area (Å²) in [6.07, 6.45) is 3.71. The van der Waals surface area contributed by atoms with Crippen molar-refractivity contribution < 1.29 is 0 Å². The molecule has 4 heteroatoms. The molecule has 0 aliphatic carbocycles. The lowest BCUT2D eigenvalue weighted by Crippen LogP contribution is -2.30. The largest absolute Gasteiger partial charge is 0.328 e. The van der Waals surface area contributed by atoms with E-state index in [0.29, 0.717) is 13.1 Å². The summed E-state index contributed by atoms with van der Waals surface area (Å²) in [4.78, 5) is 12.1. The highest BCUT2D eigenvalue weighted by Gasteiger charge is 2.14. The molecule has 1 atom stereocenters. The van der Waals surface area contributed by atoms with E-state index in [0.717, 1.165) is 0 Å². The second-order valence-corrected chi connectivity index (χ2v) is 5.22. The topological polar surface area (TPSA) is 39.0 Å². The third-order valence-corrected chi connectivity index (χ3v) is 3.80. The van der Waals surface area contributed by atoms with Crippen molar-refractivity contribution in [2.75, 3.05) is 7.05 Å². The number of aryl methyl sites for hydroxylation is 3. The number of imidazole rings is 1. The van der Waals surface area contributed by atoms with Gasteiger partial charge in [0.05, 0.1) is 6.04 Å². The molecule has 1 N–H and O–H groups in total. The van der Waals surface area contributed by atoms with E-state index in [1.807, 2.05) is 26.4 Å². The monoisotopic (exact) mass is 273 g/mol. The minimum Gasteiger partial charge on any atom is -0.312 e. The maximum absolute atomic E-state index is 12.1. The number of hydrogen-bond donors (Lipinski definition) is 1. The maximum Gasteiger partial charge on any atom is 0.328 e. The zero-order valence-electron chi connectivity index (χ0n) is 12.7. The number of rotatable bonds is 5. The fourth-order valence-electron chi connectivity index (χ4n) is 2.51. The normalized spacial score (nSPS) is 12.6. The highest BCUT2D eigenvalue weighted by Crippen LogP contribution is 2.20. The molecule has 0 saturated carbocycles. The molecule has 0 spiro atoms. The van der Waals surface area contributed by atoms with Gasteiger partial charge in [-0.15, -0.1) is 0 Å². The average molecular weight is 273 g/mol. The Morgan fingerprint density at radius 3 is 2.50 bits per heavy atom. The Bertz CT molecular complexity index is 639. The quantitative estimate of drug-likeness (QED) is 0.907. The van der Waals surface area contributed by atoms with Gasteiger partial charge >= 0.3 is 5.69 Å². The summed E-state index contributed by atoms with van der Waals surface area (Å²) in [5, 5.41) is 3.32. The fraction of sp³-hybridized carbons (Fsp3) is 0.438. The molecule has 0 bridgehead atoms. The predicted molar refractivity (Wildman–Crippen MR) is 82.1 cm³/mol. The zero-order valence-corrected chi connectivity index (χ0v) is 12.7. The number of benzene rings is 1. The maximum atomic E-state index is 12.1. The third kappa shape index (κ3) is 2.85. The van der Waals surface area contributed by atoms with Crippen LogP contribution in [0, 0.1) is 13.8 Å². The molecule has 108 valence electrons. The molecular formula is C16H23N3O. The van der Waals surface area contributed by atoms with Crippen LogP contribution in [0.3, 0.4) is 0 Å². The van der Waals surface area contributed by atoms with Crippen LogP contribution in [-0.4, -0.2) is 16.2 Å². The van der Waals surface area contributed by atoms with Gasteiger partial charge < -0.3 is 5.32 Å². The molecule has 1 aromatic heterocycles. The Hall–Kier alpha value is -1.81. The van der Waals surface area contributed by atoms with Crippen LogP contribution in [0.1, 0.15) is 29.7 Å². The first-order valence-corrected chi connectivity index (χ1v) is 7.06. The second-order valence-electron chi connectivity index (χ2n) is 5.22. The number of nitrogens with zero attached hydrogens (tertiary/aromatic N) is 2. The summed E-state index contributed by atoms with van der Waals surface area (Å²) in [5.41, 5.74) is 3.80. The van der Waals surface area contributed by atoms with Gasteiger partial charge in [0, 0.05) is 25.5 Å². The van der Waals surface area contributed by atoms with Crippen molar-refractivity contribution in [1.29, 1.82) is 0 Å². The van der Waals surface area contributed by atoms with E-state index in [9.17, 15) is 4.79 Å². The van der Waals surface area contributed by atoms with Crippen molar-refractivity contribution in [2.45, 2.75) is 39.9 Å². The molecule has 1 aromatic carbocycles. The van der Waals surface area contributed by atoms with Gasteiger partial charge in [0.2, 0.25) is 0 Å². The van der Waals surface area contributed by atoms with E-state index < -0.39 is 0 Å². The molecule has 0 saturated heterocycles. The summed E-state index contributed by atoms with van der Waals surface area (Å²) >= 11 is 0. The molecular weight excluding hydrogens is 250 g/mol. The highest BCUT2D eigenvalue weighted by molar-refractivity contribution is 5.33. The van der Waals surface area contributed by atoms with Gasteiger partial charge in [-0.05, 0) is 38.9 Å². The zero-order chi connectivity index (χ0) is 14.7. The Kier molecular flexibility index (Phi) is 4.45. The predicted octanol–water partition coefficient (Wildman–Crippen LogP) is 2.25. The van der Waals surface area contributed by atoms with Crippen LogP contribution < -0.4 is 11.0 Å². The van der Waals surface area contributed by atoms with Crippen molar-refractivity contribution >= 4 is 0 Å². The van der Waals surface area contributed by atoms with Gasteiger partial charge in [0.15, 0.2) is 0 Å². The molecule has 1 heterocycles. The Morgan fingerprint density at radius 1 is 1.20 bits per heavy atom. The molecule has 1 unspecified atom stereocenters. The van der Waals surface area contributed by atoms with Crippen LogP contribution in [0.4, 0.5) is 0 Å². The van der Waals surface area contributed by atoms with Crippen LogP contribution >= 0.6 is 0 Å². The van der Waals surface area contributed by atoms with Crippen LogP contribution in [0.5, 0.6) is 0 Å². The number of hydrogen-bond acceptors (Lipinski definition) is 2. The van der Waals surface area contributed by atoms with Gasteiger partial charge in [0.1, 0.15) is 0 Å². The first kappa shape index (κ1) is 14.6. The summed E-state index contributed by atoms with van der Waals surface area (Å²) in [5.74, 6) is 0. The molecule has 0 radical (unpaired) electrons. The fourth-order valence-corrected chi connectivity index (χ4v) is 2.51. The van der Waals surface area contributed by atoms with E-state index in [4.69, 9.17) is 0 Å². The summed E-state index contributed by atoms with van der Waals surface area (Å²) < 4.78 is 3.49. The van der Waals surface area contributed by atoms with Crippen LogP contribution in [0.25, 0.3) is 0 Å². The van der Waals surface area contributed by atoms with E-state index in [-0.39, 0.29) is 11.7 Å². The van der Waals surface area contributed by atoms with Crippen LogP contribution in [-0.2, 0) is 13.1 Å². The van der Waals surface area contributed by atoms with Gasteiger partial charge in [0.25, 0.3) is 0 Å². The van der Waals surface area contributed by atoms with Crippen molar-refractivity contribution in [3.63, 3.8) is 0 Å². The van der Waals surface area contributed by atoms with Crippen molar-refractivity contribution in [3.8, 4) is 0 Å². The lowest BCUT2D eigenvalue weighted by Gasteiger charge is -2.19. The molecule has 2 aromatic rings. The lowest BCUT2D eigenvalue weighted by molar-refractivity contribution is 0.483. The first-order chi connectivity index (χ1) is 9.56. The smallest absolute Gasteiger partial charge is 0.312 e. The SMILES string of the molecule is CCn1ccn(CC(NC)c2cc(C)ccc2C)c1=O. The van der Waals surface area contributed by atoms with Crippen molar-refractivity contribution in [2.24, 2.45) is 0 Å². The Balaban J connectivity index is 2.31. The number of nitrogens with one attached hydrogen (secondary N) is 1. The van der Waals surface area contributed by atoms with E-state index in [1.165, 1.54) is 16.7 Å². The standard InChI is InChI=1S/C16H23N3O/c1-5-18-8-9-19(16(18)20)11-15(17-4)14-10-12(2)6-7-13(14)3/h6-10,15,17H,5,11H2,1-4H3. The van der Waals surface area contributed by atoms with Crippen LogP contribution in [0.15, 0.2) is 35.4 Å². The molecule has 20 heavy (non-hydrogen) atoms. The van der Waals surface area contributed by atoms with E-state index >= 15 is 0 Å². The lowest BCUT2D eigenvalue weighted by atomic mass is 9.99. The van der Waals surface area contributed by atoms with Gasteiger partial charge in [-0.2, -0.15) is 0 Å². The minimum absolute atomic E-state index is 0.0538. The summed E-state index contributed by atoms with van der Waals surface area (Å²) in [6.45, 7) is 7.53. The van der Waals surface area contributed by atoms with Crippen molar-refractivity contribution in [3.05, 3.63) is 57.8 Å². The van der Waals surface area contributed by atoms with Gasteiger partial charge in [-0.25, -0.2) is 4.79 Å². The molecule has 4 nitrogen and oxygen atoms in total. The number of likely N-dealkylation sites (N-methyl/N-ethyl adjacent to an activating group) is 1. The summed E-state index contributed by atoms with van der Waals surface area (Å²) in [6, 6.07) is 6.58. The Labute approximate surface area is 120 Å². The minimum atomic E-state index is 0.0538. The third-order valence-electron chi connectivity index (χ3n) is 3.80. The Morgan fingerprint density at radius 2 is 1.90 bits per heavy atom. The molecule has 0 aliphatic heterocycles. The highest BCUT2D eigenvalue weighted by atomic mass is 16.1. The second kappa shape index (κ2) is 6.09. The molecule has 0 aliphatic rings. The number of aromatic nitrogens is 2. The van der Waals surface area contributed by atoms with Gasteiger partial charge in [-0.1, -0.05) is 23.8 Å². The molecule has 0 amide bonds. The molecule has 2 rings (SSSR count). The summed E-state index contributed by atoms with van der Waals surface area (Å²) in [7, 11) is 1.94. The first-order valence-electron chi connectivity index (χ1n) is 7.06. The molecule has 0 fully saturated rings. The van der Waals surface area contributed by atoms with E-state index in [2.05, 4.69) is 37.4 Å². The van der Waals surface area contributed by atoms with Crippen LogP contribution in [0.2, 0.25) is 0 Å². The van der Waals surface area contributed by atoms with E-state index in [1.54, 1.807) is 9.13 Å².